The Balaban J connectivity index is 2.24. The van der Waals surface area contributed by atoms with Crippen LogP contribution in [0.4, 0.5) is 0 Å². The molecule has 1 aliphatic heterocycles. The van der Waals surface area contributed by atoms with Crippen LogP contribution in [0.3, 0.4) is 0 Å². The lowest BCUT2D eigenvalue weighted by molar-refractivity contribution is -0.137. The Hall–Kier alpha value is -1.35. The summed E-state index contributed by atoms with van der Waals surface area (Å²) in [5, 5.41) is 0. The average Bonchev–Trinajstić information content (AvgIpc) is 2.38. The lowest BCUT2D eigenvalue weighted by Gasteiger charge is -2.37. The van der Waals surface area contributed by atoms with Crippen molar-refractivity contribution in [3.05, 3.63) is 35.4 Å². The number of hydrogen-bond acceptors (Lipinski definition) is 2. The van der Waals surface area contributed by atoms with E-state index in [0.29, 0.717) is 6.54 Å². The zero-order valence-corrected chi connectivity index (χ0v) is 12.1. The molecule has 0 spiro atoms. The molecule has 0 unspecified atom stereocenters. The average molecular weight is 260 g/mol. The Morgan fingerprint density at radius 2 is 2.05 bits per heavy atom. The van der Waals surface area contributed by atoms with Crippen molar-refractivity contribution in [2.45, 2.75) is 45.1 Å². The standard InChI is InChI=1S/C16H24N2O/c1-12-7-4-5-9-14(12)16(2,3)15(19)18-10-6-8-13(17)11-18/h4-5,7,9,13H,6,8,10-11,17H2,1-3H3/t13-/m0/s1. The van der Waals surface area contributed by atoms with E-state index in [-0.39, 0.29) is 11.9 Å². The molecule has 0 saturated carbocycles. The normalized spacial score (nSPS) is 20.4. The summed E-state index contributed by atoms with van der Waals surface area (Å²) in [6.07, 6.45) is 2.03. The highest BCUT2D eigenvalue weighted by Crippen LogP contribution is 2.29. The number of likely N-dealkylation sites (tertiary alicyclic amines) is 1. The summed E-state index contributed by atoms with van der Waals surface area (Å²) >= 11 is 0. The molecule has 1 aliphatic rings. The molecule has 3 heteroatoms. The second-order valence-electron chi connectivity index (χ2n) is 6.09. The Kier molecular flexibility index (Phi) is 3.95. The SMILES string of the molecule is Cc1ccccc1C(C)(C)C(=O)N1CCC[C@H](N)C1. The summed E-state index contributed by atoms with van der Waals surface area (Å²) in [5.41, 5.74) is 7.78. The molecule has 3 nitrogen and oxygen atoms in total. The molecule has 1 fully saturated rings. The van der Waals surface area contributed by atoms with Gasteiger partial charge >= 0.3 is 0 Å². The molecule has 0 aromatic heterocycles. The van der Waals surface area contributed by atoms with Gasteiger partial charge in [0, 0.05) is 19.1 Å². The quantitative estimate of drug-likeness (QED) is 0.886. The van der Waals surface area contributed by atoms with E-state index in [2.05, 4.69) is 19.1 Å². The predicted octanol–water partition coefficient (Wildman–Crippen LogP) is 2.22. The summed E-state index contributed by atoms with van der Waals surface area (Å²) in [6.45, 7) is 7.61. The van der Waals surface area contributed by atoms with Gasteiger partial charge in [-0.3, -0.25) is 4.79 Å². The highest BCUT2D eigenvalue weighted by molar-refractivity contribution is 5.88. The van der Waals surface area contributed by atoms with E-state index >= 15 is 0 Å². The summed E-state index contributed by atoms with van der Waals surface area (Å²) in [6, 6.07) is 8.25. The number of benzene rings is 1. The number of nitrogens with zero attached hydrogens (tertiary/aromatic N) is 1. The zero-order chi connectivity index (χ0) is 14.0. The van der Waals surface area contributed by atoms with Gasteiger partial charge in [-0.15, -0.1) is 0 Å². The maximum absolute atomic E-state index is 12.8. The minimum absolute atomic E-state index is 0.130. The molecule has 2 rings (SSSR count). The molecule has 19 heavy (non-hydrogen) atoms. The number of aryl methyl sites for hydroxylation is 1. The number of carbonyl (C=O) groups is 1. The van der Waals surface area contributed by atoms with Gasteiger partial charge in [-0.1, -0.05) is 24.3 Å². The van der Waals surface area contributed by atoms with Crippen molar-refractivity contribution < 1.29 is 4.79 Å². The molecular formula is C16H24N2O. The van der Waals surface area contributed by atoms with Gasteiger partial charge in [0.15, 0.2) is 0 Å². The number of amides is 1. The molecule has 0 bridgehead atoms. The molecule has 1 saturated heterocycles. The summed E-state index contributed by atoms with van der Waals surface area (Å²) in [7, 11) is 0. The first-order valence-corrected chi connectivity index (χ1v) is 7.04. The first-order chi connectivity index (χ1) is 8.93. The van der Waals surface area contributed by atoms with Crippen LogP contribution in [-0.4, -0.2) is 29.9 Å². The fourth-order valence-electron chi connectivity index (χ4n) is 2.98. The van der Waals surface area contributed by atoms with Gasteiger partial charge in [-0.2, -0.15) is 0 Å². The van der Waals surface area contributed by atoms with Crippen molar-refractivity contribution in [3.8, 4) is 0 Å². The second-order valence-corrected chi connectivity index (χ2v) is 6.09. The molecule has 1 atom stereocenters. The maximum Gasteiger partial charge on any atom is 0.232 e. The van der Waals surface area contributed by atoms with Crippen LogP contribution in [0.25, 0.3) is 0 Å². The first-order valence-electron chi connectivity index (χ1n) is 7.04. The molecule has 0 radical (unpaired) electrons. The van der Waals surface area contributed by atoms with E-state index in [1.807, 2.05) is 30.9 Å². The van der Waals surface area contributed by atoms with Crippen molar-refractivity contribution >= 4 is 5.91 Å². The van der Waals surface area contributed by atoms with Crippen LogP contribution < -0.4 is 5.73 Å². The number of rotatable bonds is 2. The molecule has 2 N–H and O–H groups in total. The van der Waals surface area contributed by atoms with Gasteiger partial charge in [0.25, 0.3) is 0 Å². The van der Waals surface area contributed by atoms with Crippen LogP contribution in [0.2, 0.25) is 0 Å². The first kappa shape index (κ1) is 14.1. The Morgan fingerprint density at radius 3 is 2.68 bits per heavy atom. The van der Waals surface area contributed by atoms with E-state index in [0.717, 1.165) is 24.9 Å². The highest BCUT2D eigenvalue weighted by atomic mass is 16.2. The van der Waals surface area contributed by atoms with E-state index < -0.39 is 5.41 Å². The Morgan fingerprint density at radius 1 is 1.37 bits per heavy atom. The molecule has 1 aromatic carbocycles. The topological polar surface area (TPSA) is 46.3 Å². The molecule has 1 amide bonds. The van der Waals surface area contributed by atoms with Crippen molar-refractivity contribution in [2.75, 3.05) is 13.1 Å². The van der Waals surface area contributed by atoms with Crippen molar-refractivity contribution in [2.24, 2.45) is 5.73 Å². The van der Waals surface area contributed by atoms with Crippen LogP contribution in [0.5, 0.6) is 0 Å². The van der Waals surface area contributed by atoms with Crippen molar-refractivity contribution in [1.29, 1.82) is 0 Å². The molecule has 1 heterocycles. The summed E-state index contributed by atoms with van der Waals surface area (Å²) in [4.78, 5) is 14.7. The van der Waals surface area contributed by atoms with Crippen LogP contribution in [-0.2, 0) is 10.2 Å². The Bertz CT molecular complexity index is 468. The summed E-state index contributed by atoms with van der Waals surface area (Å²) < 4.78 is 0. The number of hydrogen-bond donors (Lipinski definition) is 1. The third-order valence-electron chi connectivity index (χ3n) is 4.10. The minimum Gasteiger partial charge on any atom is -0.340 e. The van der Waals surface area contributed by atoms with E-state index in [4.69, 9.17) is 5.73 Å². The van der Waals surface area contributed by atoms with Gasteiger partial charge in [0.1, 0.15) is 0 Å². The van der Waals surface area contributed by atoms with Gasteiger partial charge in [-0.05, 0) is 44.7 Å². The fourth-order valence-corrected chi connectivity index (χ4v) is 2.98. The largest absolute Gasteiger partial charge is 0.340 e. The second kappa shape index (κ2) is 5.33. The number of piperidine rings is 1. The van der Waals surface area contributed by atoms with Crippen LogP contribution in [0, 0.1) is 6.92 Å². The smallest absolute Gasteiger partial charge is 0.232 e. The predicted molar refractivity (Wildman–Crippen MR) is 78.0 cm³/mol. The van der Waals surface area contributed by atoms with Gasteiger partial charge in [0.2, 0.25) is 5.91 Å². The lowest BCUT2D eigenvalue weighted by Crippen LogP contribution is -2.51. The van der Waals surface area contributed by atoms with Crippen molar-refractivity contribution in [1.82, 2.24) is 4.90 Å². The van der Waals surface area contributed by atoms with Crippen molar-refractivity contribution in [3.63, 3.8) is 0 Å². The fraction of sp³-hybridized carbons (Fsp3) is 0.562. The van der Waals surface area contributed by atoms with E-state index in [1.54, 1.807) is 0 Å². The van der Waals surface area contributed by atoms with E-state index in [9.17, 15) is 4.79 Å². The third-order valence-corrected chi connectivity index (χ3v) is 4.10. The zero-order valence-electron chi connectivity index (χ0n) is 12.1. The summed E-state index contributed by atoms with van der Waals surface area (Å²) in [5.74, 6) is 0.192. The van der Waals surface area contributed by atoms with E-state index in [1.165, 1.54) is 5.56 Å². The Labute approximate surface area is 115 Å². The lowest BCUT2D eigenvalue weighted by atomic mass is 9.80. The molecule has 104 valence electrons. The van der Waals surface area contributed by atoms with Crippen LogP contribution >= 0.6 is 0 Å². The minimum atomic E-state index is -0.484. The van der Waals surface area contributed by atoms with Gasteiger partial charge in [0.05, 0.1) is 5.41 Å². The highest BCUT2D eigenvalue weighted by Gasteiger charge is 2.36. The molecular weight excluding hydrogens is 236 g/mol. The van der Waals surface area contributed by atoms with Gasteiger partial charge in [-0.25, -0.2) is 0 Å². The third kappa shape index (κ3) is 2.81. The number of carbonyl (C=O) groups excluding carboxylic acids is 1. The monoisotopic (exact) mass is 260 g/mol. The maximum atomic E-state index is 12.8. The van der Waals surface area contributed by atoms with Crippen LogP contribution in [0.15, 0.2) is 24.3 Å². The molecule has 0 aliphatic carbocycles. The molecule has 1 aromatic rings. The number of nitrogens with two attached hydrogens (primary N) is 1. The van der Waals surface area contributed by atoms with Crippen LogP contribution in [0.1, 0.15) is 37.8 Å². The van der Waals surface area contributed by atoms with Gasteiger partial charge < -0.3 is 10.6 Å².